The number of piperazine rings is 1. The Bertz CT molecular complexity index is 513. The lowest BCUT2D eigenvalue weighted by atomic mass is 10.2. The fourth-order valence-corrected chi connectivity index (χ4v) is 2.56. The summed E-state index contributed by atoms with van der Waals surface area (Å²) in [4.78, 5) is 30.3. The van der Waals surface area contributed by atoms with Crippen molar-refractivity contribution in [2.75, 3.05) is 32.7 Å². The van der Waals surface area contributed by atoms with E-state index in [1.807, 2.05) is 4.90 Å². The van der Waals surface area contributed by atoms with Gasteiger partial charge in [0.05, 0.1) is 0 Å². The Labute approximate surface area is 112 Å². The molecule has 0 bridgehead atoms. The zero-order chi connectivity index (χ0) is 13.2. The van der Waals surface area contributed by atoms with Crippen molar-refractivity contribution in [3.8, 4) is 0 Å². The van der Waals surface area contributed by atoms with E-state index in [4.69, 9.17) is 0 Å². The number of rotatable bonds is 3. The van der Waals surface area contributed by atoms with Crippen LogP contribution >= 0.6 is 0 Å². The lowest BCUT2D eigenvalue weighted by molar-refractivity contribution is 0.0632. The molecule has 5 heteroatoms. The zero-order valence-corrected chi connectivity index (χ0v) is 11.0. The lowest BCUT2D eigenvalue weighted by Crippen LogP contribution is -2.49. The first-order valence-corrected chi connectivity index (χ1v) is 6.93. The molecule has 2 heterocycles. The van der Waals surface area contributed by atoms with Crippen LogP contribution in [0.2, 0.25) is 0 Å². The highest BCUT2D eigenvalue weighted by Crippen LogP contribution is 2.29. The number of H-pyrrole nitrogens is 1. The van der Waals surface area contributed by atoms with Crippen LogP contribution in [-0.2, 0) is 0 Å². The molecular formula is C14H19N3O2. The highest BCUT2D eigenvalue weighted by molar-refractivity contribution is 5.94. The van der Waals surface area contributed by atoms with Crippen molar-refractivity contribution in [3.63, 3.8) is 0 Å². The fraction of sp³-hybridized carbons (Fsp3) is 0.571. The number of aromatic amines is 1. The standard InChI is InChI=1S/C14H19N3O2/c18-13-9-12(3-4-15-13)14(19)17-7-5-16(6-8-17)10-11-1-2-11/h3-4,9,11H,1-2,5-8,10H2,(H,15,18). The smallest absolute Gasteiger partial charge is 0.254 e. The van der Waals surface area contributed by atoms with Gasteiger partial charge in [0.25, 0.3) is 5.91 Å². The van der Waals surface area contributed by atoms with Crippen molar-refractivity contribution >= 4 is 5.91 Å². The van der Waals surface area contributed by atoms with Crippen LogP contribution in [0.5, 0.6) is 0 Å². The summed E-state index contributed by atoms with van der Waals surface area (Å²) in [6.07, 6.45) is 4.26. The van der Waals surface area contributed by atoms with Gasteiger partial charge in [-0.25, -0.2) is 0 Å². The molecule has 1 amide bonds. The first-order chi connectivity index (χ1) is 9.22. The molecule has 0 spiro atoms. The highest BCUT2D eigenvalue weighted by atomic mass is 16.2. The number of hydrogen-bond acceptors (Lipinski definition) is 3. The van der Waals surface area contributed by atoms with Gasteiger partial charge in [-0.2, -0.15) is 0 Å². The Morgan fingerprint density at radius 1 is 1.26 bits per heavy atom. The maximum absolute atomic E-state index is 12.2. The summed E-state index contributed by atoms with van der Waals surface area (Å²) >= 11 is 0. The fourth-order valence-electron chi connectivity index (χ4n) is 2.56. The number of aromatic nitrogens is 1. The van der Waals surface area contributed by atoms with Gasteiger partial charge in [-0.3, -0.25) is 14.5 Å². The number of nitrogens with zero attached hydrogens (tertiary/aromatic N) is 2. The summed E-state index contributed by atoms with van der Waals surface area (Å²) in [7, 11) is 0. The molecule has 1 saturated heterocycles. The minimum absolute atomic E-state index is 0.0304. The van der Waals surface area contributed by atoms with Gasteiger partial charge >= 0.3 is 0 Å². The summed E-state index contributed by atoms with van der Waals surface area (Å²) < 4.78 is 0. The average molecular weight is 261 g/mol. The number of nitrogens with one attached hydrogen (secondary N) is 1. The van der Waals surface area contributed by atoms with Crippen LogP contribution < -0.4 is 5.56 Å². The van der Waals surface area contributed by atoms with Crippen molar-refractivity contribution in [1.82, 2.24) is 14.8 Å². The Morgan fingerprint density at radius 3 is 2.63 bits per heavy atom. The summed E-state index contributed by atoms with van der Waals surface area (Å²) in [5.41, 5.74) is 0.262. The second kappa shape index (κ2) is 5.17. The van der Waals surface area contributed by atoms with Gasteiger partial charge in [0.15, 0.2) is 0 Å². The molecule has 2 aliphatic rings. The van der Waals surface area contributed by atoms with E-state index in [2.05, 4.69) is 9.88 Å². The third-order valence-electron chi connectivity index (χ3n) is 3.89. The van der Waals surface area contributed by atoms with Gasteiger partial charge in [-0.1, -0.05) is 0 Å². The minimum Gasteiger partial charge on any atom is -0.336 e. The monoisotopic (exact) mass is 261 g/mol. The highest BCUT2D eigenvalue weighted by Gasteiger charge is 2.27. The number of carbonyl (C=O) groups excluding carboxylic acids is 1. The zero-order valence-electron chi connectivity index (χ0n) is 11.0. The second-order valence-corrected chi connectivity index (χ2v) is 5.48. The van der Waals surface area contributed by atoms with E-state index in [0.717, 1.165) is 32.1 Å². The Hall–Kier alpha value is -1.62. The summed E-state index contributed by atoms with van der Waals surface area (Å²) in [6, 6.07) is 3.04. The van der Waals surface area contributed by atoms with Crippen molar-refractivity contribution in [1.29, 1.82) is 0 Å². The summed E-state index contributed by atoms with van der Waals surface area (Å²) in [6.45, 7) is 4.61. The van der Waals surface area contributed by atoms with E-state index < -0.39 is 0 Å². The third-order valence-corrected chi connectivity index (χ3v) is 3.89. The molecule has 102 valence electrons. The first kappa shape index (κ1) is 12.4. The van der Waals surface area contributed by atoms with E-state index >= 15 is 0 Å². The molecule has 5 nitrogen and oxygen atoms in total. The SMILES string of the molecule is O=C(c1cc[nH]c(=O)c1)N1CCN(CC2CC2)CC1. The Kier molecular flexibility index (Phi) is 3.38. The predicted octanol–water partition coefficient (Wildman–Crippen LogP) is 0.543. The van der Waals surface area contributed by atoms with Gasteiger partial charge < -0.3 is 9.88 Å². The van der Waals surface area contributed by atoms with Gasteiger partial charge in [-0.05, 0) is 24.8 Å². The molecule has 0 unspecified atom stereocenters. The Balaban J connectivity index is 1.58. The van der Waals surface area contributed by atoms with Gasteiger partial charge in [0.2, 0.25) is 5.56 Å². The van der Waals surface area contributed by atoms with Gasteiger partial charge in [0, 0.05) is 50.6 Å². The van der Waals surface area contributed by atoms with Crippen LogP contribution in [0.4, 0.5) is 0 Å². The normalized spacial score (nSPS) is 20.5. The third kappa shape index (κ3) is 3.04. The molecule has 1 aromatic rings. The number of amides is 1. The maximum atomic E-state index is 12.2. The first-order valence-electron chi connectivity index (χ1n) is 6.93. The number of hydrogen-bond donors (Lipinski definition) is 1. The molecule has 1 aliphatic heterocycles. The molecule has 1 saturated carbocycles. The van der Waals surface area contributed by atoms with Gasteiger partial charge in [0.1, 0.15) is 0 Å². The van der Waals surface area contributed by atoms with Crippen LogP contribution in [0.25, 0.3) is 0 Å². The van der Waals surface area contributed by atoms with Crippen LogP contribution in [0.3, 0.4) is 0 Å². The quantitative estimate of drug-likeness (QED) is 0.864. The Morgan fingerprint density at radius 2 is 2.00 bits per heavy atom. The largest absolute Gasteiger partial charge is 0.336 e. The van der Waals surface area contributed by atoms with Crippen molar-refractivity contribution in [3.05, 3.63) is 34.2 Å². The van der Waals surface area contributed by atoms with Crippen molar-refractivity contribution in [2.24, 2.45) is 5.92 Å². The molecule has 0 aromatic carbocycles. The lowest BCUT2D eigenvalue weighted by Gasteiger charge is -2.34. The number of pyridine rings is 1. The van der Waals surface area contributed by atoms with Crippen LogP contribution in [0, 0.1) is 5.92 Å². The van der Waals surface area contributed by atoms with Crippen LogP contribution in [0.1, 0.15) is 23.2 Å². The van der Waals surface area contributed by atoms with Crippen LogP contribution in [0.15, 0.2) is 23.1 Å². The van der Waals surface area contributed by atoms with E-state index in [1.54, 1.807) is 6.07 Å². The van der Waals surface area contributed by atoms with E-state index in [1.165, 1.54) is 31.6 Å². The molecule has 3 rings (SSSR count). The predicted molar refractivity (Wildman–Crippen MR) is 72.1 cm³/mol. The topological polar surface area (TPSA) is 56.4 Å². The van der Waals surface area contributed by atoms with Gasteiger partial charge in [-0.15, -0.1) is 0 Å². The minimum atomic E-state index is -0.224. The van der Waals surface area contributed by atoms with Crippen molar-refractivity contribution in [2.45, 2.75) is 12.8 Å². The molecule has 1 aromatic heterocycles. The molecule has 2 fully saturated rings. The molecular weight excluding hydrogens is 242 g/mol. The molecule has 0 radical (unpaired) electrons. The second-order valence-electron chi connectivity index (χ2n) is 5.48. The number of carbonyl (C=O) groups is 1. The summed E-state index contributed by atoms with van der Waals surface area (Å²) in [5.74, 6) is 0.868. The van der Waals surface area contributed by atoms with E-state index in [0.29, 0.717) is 5.56 Å². The van der Waals surface area contributed by atoms with Crippen LogP contribution in [-0.4, -0.2) is 53.4 Å². The molecule has 1 N–H and O–H groups in total. The van der Waals surface area contributed by atoms with Crippen molar-refractivity contribution < 1.29 is 4.79 Å². The van der Waals surface area contributed by atoms with E-state index in [9.17, 15) is 9.59 Å². The van der Waals surface area contributed by atoms with E-state index in [-0.39, 0.29) is 11.5 Å². The molecule has 19 heavy (non-hydrogen) atoms. The average Bonchev–Trinajstić information content (AvgIpc) is 3.23. The molecule has 0 atom stereocenters. The maximum Gasteiger partial charge on any atom is 0.254 e. The summed E-state index contributed by atoms with van der Waals surface area (Å²) in [5, 5.41) is 0. The molecule has 1 aliphatic carbocycles.